The number of nitrogens with two attached hydrogens (primary N) is 2. The summed E-state index contributed by atoms with van der Waals surface area (Å²) in [7, 11) is -1.85. The number of nitrogens with zero attached hydrogens (tertiary/aromatic N) is 2. The summed E-state index contributed by atoms with van der Waals surface area (Å²) in [5.41, 5.74) is 6.79. The second kappa shape index (κ2) is 6.69. The van der Waals surface area contributed by atoms with Crippen LogP contribution in [0.1, 0.15) is 11.3 Å². The number of ether oxygens (including phenoxy) is 1. The van der Waals surface area contributed by atoms with Crippen molar-refractivity contribution in [2.24, 2.45) is 10.9 Å². The highest BCUT2D eigenvalue weighted by atomic mass is 32.2. The van der Waals surface area contributed by atoms with Gasteiger partial charge in [0.15, 0.2) is 0 Å². The minimum atomic E-state index is -3.55. The predicted molar refractivity (Wildman–Crippen MR) is 82.8 cm³/mol. The van der Waals surface area contributed by atoms with Crippen LogP contribution < -0.4 is 20.9 Å². The van der Waals surface area contributed by atoms with E-state index >= 15 is 0 Å². The smallest absolute Gasteiger partial charge is 0.226 e. The van der Waals surface area contributed by atoms with Crippen LogP contribution in [0.5, 0.6) is 11.6 Å². The molecule has 118 valence electrons. The van der Waals surface area contributed by atoms with Crippen LogP contribution >= 0.6 is 0 Å². The highest BCUT2D eigenvalue weighted by Gasteiger charge is 2.07. The van der Waals surface area contributed by atoms with Crippen LogP contribution in [0.4, 0.5) is 5.95 Å². The summed E-state index contributed by atoms with van der Waals surface area (Å²) in [6, 6.07) is 8.18. The van der Waals surface area contributed by atoms with E-state index in [9.17, 15) is 8.42 Å². The maximum Gasteiger partial charge on any atom is 0.226 e. The first-order valence-corrected chi connectivity index (χ1v) is 8.14. The summed E-state index contributed by atoms with van der Waals surface area (Å²) in [6.45, 7) is 0.265. The van der Waals surface area contributed by atoms with Crippen molar-refractivity contribution >= 4 is 16.0 Å². The van der Waals surface area contributed by atoms with E-state index in [1.807, 2.05) is 0 Å². The molecule has 0 bridgehead atoms. The summed E-state index contributed by atoms with van der Waals surface area (Å²) in [4.78, 5) is 8.32. The first-order chi connectivity index (χ1) is 10.4. The zero-order valence-electron chi connectivity index (χ0n) is 12.0. The van der Waals surface area contributed by atoms with Crippen molar-refractivity contribution < 1.29 is 13.2 Å². The molecule has 0 radical (unpaired) electrons. The van der Waals surface area contributed by atoms with E-state index in [1.165, 1.54) is 0 Å². The molecule has 5 N–H and O–H groups in total. The predicted octanol–water partition coefficient (Wildman–Crippen LogP) is 0.558. The molecule has 0 aliphatic heterocycles. The molecular weight excluding hydrogens is 306 g/mol. The Morgan fingerprint density at radius 3 is 2.45 bits per heavy atom. The Labute approximate surface area is 128 Å². The van der Waals surface area contributed by atoms with E-state index < -0.39 is 10.0 Å². The third-order valence-electron chi connectivity index (χ3n) is 2.70. The molecule has 0 saturated carbocycles. The van der Waals surface area contributed by atoms with Gasteiger partial charge in [-0.2, -0.15) is 4.98 Å². The lowest BCUT2D eigenvalue weighted by Crippen LogP contribution is -2.14. The van der Waals surface area contributed by atoms with Gasteiger partial charge >= 0.3 is 0 Å². The number of anilines is 1. The monoisotopic (exact) mass is 323 g/mol. The fourth-order valence-electron chi connectivity index (χ4n) is 1.75. The summed E-state index contributed by atoms with van der Waals surface area (Å²) in [5, 5.41) is 7.82. The summed E-state index contributed by atoms with van der Waals surface area (Å²) in [6.07, 6.45) is 0. The lowest BCUT2D eigenvalue weighted by atomic mass is 10.2. The quantitative estimate of drug-likeness (QED) is 0.707. The van der Waals surface area contributed by atoms with E-state index in [2.05, 4.69) is 15.3 Å². The molecule has 0 aliphatic carbocycles. The Morgan fingerprint density at radius 1 is 1.23 bits per heavy atom. The van der Waals surface area contributed by atoms with Crippen LogP contribution in [0.15, 0.2) is 30.3 Å². The third-order valence-corrected chi connectivity index (χ3v) is 3.44. The molecule has 1 aromatic heterocycles. The molecule has 0 aliphatic rings. The second-order valence-corrected chi connectivity index (χ2v) is 6.14. The molecule has 8 nitrogen and oxygen atoms in total. The van der Waals surface area contributed by atoms with Gasteiger partial charge in [-0.1, -0.05) is 12.1 Å². The van der Waals surface area contributed by atoms with E-state index in [1.54, 1.807) is 37.4 Å². The van der Waals surface area contributed by atoms with Crippen LogP contribution in [-0.4, -0.2) is 25.4 Å². The van der Waals surface area contributed by atoms with Gasteiger partial charge in [0.1, 0.15) is 5.75 Å². The number of hydrogen-bond donors (Lipinski definition) is 3. The summed E-state index contributed by atoms with van der Waals surface area (Å²) in [5.74, 6) is 1.05. The van der Waals surface area contributed by atoms with Gasteiger partial charge in [0, 0.05) is 19.7 Å². The van der Waals surface area contributed by atoms with E-state index in [-0.39, 0.29) is 12.3 Å². The Hall–Kier alpha value is -2.23. The van der Waals surface area contributed by atoms with Gasteiger partial charge in [-0.15, -0.1) is 0 Å². The third kappa shape index (κ3) is 4.65. The number of sulfonamides is 1. The first kappa shape index (κ1) is 16.1. The van der Waals surface area contributed by atoms with Gasteiger partial charge in [0.05, 0.1) is 11.4 Å². The van der Waals surface area contributed by atoms with Crippen molar-refractivity contribution in [1.82, 2.24) is 9.97 Å². The molecule has 1 aromatic carbocycles. The van der Waals surface area contributed by atoms with Crippen molar-refractivity contribution in [2.45, 2.75) is 12.3 Å². The Balaban J connectivity index is 2.17. The highest BCUT2D eigenvalue weighted by molar-refractivity contribution is 7.88. The standard InChI is InChI=1S/C13H17N5O3S/c1-16-13-17-10(7-14)6-12(18-13)21-11-4-2-9(3-5-11)8-22(15,19)20/h2-6H,7-8,14H2,1H3,(H2,15,19,20)(H,16,17,18). The zero-order valence-corrected chi connectivity index (χ0v) is 12.8. The maximum atomic E-state index is 11.0. The Morgan fingerprint density at radius 2 is 1.91 bits per heavy atom. The number of rotatable bonds is 6. The largest absolute Gasteiger partial charge is 0.439 e. The van der Waals surface area contributed by atoms with Crippen LogP contribution in [-0.2, 0) is 22.3 Å². The molecule has 22 heavy (non-hydrogen) atoms. The van der Waals surface area contributed by atoms with Crippen molar-refractivity contribution in [2.75, 3.05) is 12.4 Å². The van der Waals surface area contributed by atoms with Crippen molar-refractivity contribution in [1.29, 1.82) is 0 Å². The topological polar surface area (TPSA) is 133 Å². The molecule has 2 aromatic rings. The maximum absolute atomic E-state index is 11.0. The normalized spacial score (nSPS) is 11.2. The minimum Gasteiger partial charge on any atom is -0.439 e. The van der Waals surface area contributed by atoms with Gasteiger partial charge in [-0.25, -0.2) is 18.5 Å². The van der Waals surface area contributed by atoms with E-state index in [4.69, 9.17) is 15.6 Å². The lowest BCUT2D eigenvalue weighted by Gasteiger charge is -2.08. The fraction of sp³-hybridized carbons (Fsp3) is 0.231. The van der Waals surface area contributed by atoms with Gasteiger partial charge in [-0.05, 0) is 17.7 Å². The second-order valence-electron chi connectivity index (χ2n) is 4.53. The molecule has 0 spiro atoms. The molecule has 1 heterocycles. The summed E-state index contributed by atoms with van der Waals surface area (Å²) < 4.78 is 27.7. The van der Waals surface area contributed by atoms with E-state index in [0.717, 1.165) is 0 Å². The molecule has 0 amide bonds. The molecule has 9 heteroatoms. The number of primary sulfonamides is 1. The van der Waals surface area contributed by atoms with Gasteiger partial charge in [-0.3, -0.25) is 0 Å². The first-order valence-electron chi connectivity index (χ1n) is 6.42. The highest BCUT2D eigenvalue weighted by Crippen LogP contribution is 2.22. The number of aromatic nitrogens is 2. The van der Waals surface area contributed by atoms with Gasteiger partial charge in [0.2, 0.25) is 21.9 Å². The average Bonchev–Trinajstić information content (AvgIpc) is 2.47. The molecule has 2 rings (SSSR count). The van der Waals surface area contributed by atoms with Crippen LogP contribution in [0.3, 0.4) is 0 Å². The van der Waals surface area contributed by atoms with Crippen molar-refractivity contribution in [3.8, 4) is 11.6 Å². The van der Waals surface area contributed by atoms with Gasteiger partial charge in [0.25, 0.3) is 0 Å². The zero-order chi connectivity index (χ0) is 16.2. The molecule has 0 saturated heterocycles. The van der Waals surface area contributed by atoms with Crippen molar-refractivity contribution in [3.63, 3.8) is 0 Å². The molecule has 0 unspecified atom stereocenters. The minimum absolute atomic E-state index is 0.220. The fourth-order valence-corrected chi connectivity index (χ4v) is 2.40. The van der Waals surface area contributed by atoms with Crippen LogP contribution in [0.2, 0.25) is 0 Å². The molecule has 0 atom stereocenters. The number of nitrogens with one attached hydrogen (secondary N) is 1. The summed E-state index contributed by atoms with van der Waals surface area (Å²) >= 11 is 0. The molecule has 0 fully saturated rings. The Kier molecular flexibility index (Phi) is 4.91. The number of benzene rings is 1. The number of hydrogen-bond acceptors (Lipinski definition) is 7. The van der Waals surface area contributed by atoms with Gasteiger partial charge < -0.3 is 15.8 Å². The Bertz CT molecular complexity index is 725. The lowest BCUT2D eigenvalue weighted by molar-refractivity contribution is 0.461. The van der Waals surface area contributed by atoms with E-state index in [0.29, 0.717) is 28.8 Å². The van der Waals surface area contributed by atoms with Crippen LogP contribution in [0, 0.1) is 0 Å². The van der Waals surface area contributed by atoms with Crippen LogP contribution in [0.25, 0.3) is 0 Å². The van der Waals surface area contributed by atoms with Crippen molar-refractivity contribution in [3.05, 3.63) is 41.6 Å². The SMILES string of the molecule is CNc1nc(CN)cc(Oc2ccc(CS(N)(=O)=O)cc2)n1. The average molecular weight is 323 g/mol. The molecular formula is C13H17N5O3S.